The number of benzene rings is 1. The van der Waals surface area contributed by atoms with Gasteiger partial charge in [-0.1, -0.05) is 29.5 Å². The van der Waals surface area contributed by atoms with Gasteiger partial charge in [0, 0.05) is 43.1 Å². The van der Waals surface area contributed by atoms with Crippen LogP contribution in [-0.2, 0) is 4.74 Å². The Labute approximate surface area is 200 Å². The van der Waals surface area contributed by atoms with Crippen molar-refractivity contribution in [3.63, 3.8) is 0 Å². The molecule has 2 aromatic rings. The van der Waals surface area contributed by atoms with Gasteiger partial charge in [-0.05, 0) is 45.7 Å². The molecule has 1 aromatic carbocycles. The fraction of sp³-hybridized carbons (Fsp3) is 0.538. The van der Waals surface area contributed by atoms with Gasteiger partial charge < -0.3 is 9.64 Å². The van der Waals surface area contributed by atoms with Crippen LogP contribution < -0.4 is 4.90 Å². The van der Waals surface area contributed by atoms with Gasteiger partial charge in [0.15, 0.2) is 0 Å². The first kappa shape index (κ1) is 26.0. The normalized spacial score (nSPS) is 21.4. The van der Waals surface area contributed by atoms with Crippen molar-refractivity contribution in [2.24, 2.45) is 0 Å². The molecule has 0 saturated carbocycles. The topological polar surface area (TPSA) is 41.5 Å². The summed E-state index contributed by atoms with van der Waals surface area (Å²) >= 11 is 0. The second-order valence-corrected chi connectivity index (χ2v) is 8.93. The average Bonchev–Trinajstić information content (AvgIpc) is 3.01. The number of hydrogen-bond acceptors (Lipinski definition) is 5. The molecule has 8 heteroatoms. The van der Waals surface area contributed by atoms with E-state index in [2.05, 4.69) is 50.7 Å². The Morgan fingerprint density at radius 2 is 1.44 bits per heavy atom. The van der Waals surface area contributed by atoms with Gasteiger partial charge in [-0.2, -0.15) is 0 Å². The van der Waals surface area contributed by atoms with Crippen molar-refractivity contribution < 1.29 is 17.9 Å². The third-order valence-electron chi connectivity index (χ3n) is 5.90. The molecule has 34 heavy (non-hydrogen) atoms. The number of aromatic nitrogens is 2. The summed E-state index contributed by atoms with van der Waals surface area (Å²) in [6.45, 7) is 7.16. The summed E-state index contributed by atoms with van der Waals surface area (Å²) < 4.78 is 35.7. The molecule has 0 aliphatic carbocycles. The lowest BCUT2D eigenvalue weighted by Crippen LogP contribution is -2.62. The largest absolute Gasteiger partial charge is 0.378 e. The molecule has 2 unspecified atom stereocenters. The third kappa shape index (κ3) is 7.18. The summed E-state index contributed by atoms with van der Waals surface area (Å²) in [5.74, 6) is 7.17. The molecule has 3 aliphatic heterocycles. The van der Waals surface area contributed by atoms with Gasteiger partial charge in [-0.3, -0.25) is 4.90 Å². The maximum Gasteiger partial charge on any atom is 0.229 e. The van der Waals surface area contributed by atoms with E-state index in [4.69, 9.17) is 4.74 Å². The smallest absolute Gasteiger partial charge is 0.229 e. The van der Waals surface area contributed by atoms with E-state index in [1.54, 1.807) is 0 Å². The SMILES string of the molecule is CC(C)F.Cc1ccc(C#Cc2cnc(N3CC4CCC(C3)N4C3COC3)nc2)cc1.FCF. The number of alkyl halides is 3. The number of aryl methyl sites for hydroxylation is 1. The molecule has 3 fully saturated rings. The van der Waals surface area contributed by atoms with Gasteiger partial charge >= 0.3 is 0 Å². The number of rotatable bonds is 2. The predicted molar refractivity (Wildman–Crippen MR) is 128 cm³/mol. The highest BCUT2D eigenvalue weighted by molar-refractivity contribution is 5.43. The van der Waals surface area contributed by atoms with Crippen LogP contribution in [0.25, 0.3) is 0 Å². The summed E-state index contributed by atoms with van der Waals surface area (Å²) in [6.07, 6.45) is 5.57. The molecular weight excluding hydrogens is 441 g/mol. The maximum atomic E-state index is 11.0. The Morgan fingerprint density at radius 3 is 1.91 bits per heavy atom. The zero-order valence-electron chi connectivity index (χ0n) is 20.1. The van der Waals surface area contributed by atoms with Crippen LogP contribution in [0.4, 0.5) is 19.1 Å². The Kier molecular flexibility index (Phi) is 9.73. The monoisotopic (exact) mass is 474 g/mol. The van der Waals surface area contributed by atoms with Crippen LogP contribution in [0.3, 0.4) is 0 Å². The number of nitrogens with zero attached hydrogens (tertiary/aromatic N) is 4. The van der Waals surface area contributed by atoms with Crippen molar-refractivity contribution in [1.82, 2.24) is 14.9 Å². The summed E-state index contributed by atoms with van der Waals surface area (Å²) in [4.78, 5) is 14.2. The molecule has 3 aliphatic rings. The summed E-state index contributed by atoms with van der Waals surface area (Å²) in [5, 5.41) is 0. The van der Waals surface area contributed by atoms with Crippen molar-refractivity contribution in [2.75, 3.05) is 38.1 Å². The Morgan fingerprint density at radius 1 is 0.941 bits per heavy atom. The van der Waals surface area contributed by atoms with Gasteiger partial charge in [-0.15, -0.1) is 0 Å². The van der Waals surface area contributed by atoms with Crippen molar-refractivity contribution in [3.05, 3.63) is 53.3 Å². The van der Waals surface area contributed by atoms with Crippen molar-refractivity contribution in [3.8, 4) is 11.8 Å². The Hall–Kier alpha value is -2.63. The molecule has 2 atom stereocenters. The molecule has 3 saturated heterocycles. The van der Waals surface area contributed by atoms with Gasteiger partial charge in [0.2, 0.25) is 12.9 Å². The zero-order valence-corrected chi connectivity index (χ0v) is 20.1. The highest BCUT2D eigenvalue weighted by atomic mass is 19.3. The molecule has 0 amide bonds. The minimum Gasteiger partial charge on any atom is -0.378 e. The van der Waals surface area contributed by atoms with E-state index in [-0.39, 0.29) is 0 Å². The van der Waals surface area contributed by atoms with Crippen LogP contribution in [0.5, 0.6) is 0 Å². The molecule has 0 N–H and O–H groups in total. The minimum atomic E-state index is -1.75. The Bertz CT molecular complexity index is 923. The van der Waals surface area contributed by atoms with Gasteiger partial charge in [-0.25, -0.2) is 23.1 Å². The van der Waals surface area contributed by atoms with Crippen LogP contribution in [0.2, 0.25) is 0 Å². The van der Waals surface area contributed by atoms with Crippen molar-refractivity contribution in [1.29, 1.82) is 0 Å². The number of anilines is 1. The predicted octanol–water partition coefficient (Wildman–Crippen LogP) is 4.48. The number of halogens is 3. The number of fused-ring (bicyclic) bond motifs is 2. The average molecular weight is 475 g/mol. The van der Waals surface area contributed by atoms with Crippen LogP contribution in [0, 0.1) is 18.8 Å². The van der Waals surface area contributed by atoms with Crippen LogP contribution in [0.15, 0.2) is 36.7 Å². The first-order valence-electron chi connectivity index (χ1n) is 11.7. The van der Waals surface area contributed by atoms with E-state index >= 15 is 0 Å². The molecule has 0 spiro atoms. The van der Waals surface area contributed by atoms with Gasteiger partial charge in [0.1, 0.15) is 0 Å². The van der Waals surface area contributed by atoms with E-state index in [0.717, 1.165) is 43.4 Å². The first-order chi connectivity index (χ1) is 16.4. The lowest BCUT2D eigenvalue weighted by molar-refractivity contribution is -0.0851. The van der Waals surface area contributed by atoms with E-state index in [1.807, 2.05) is 24.5 Å². The fourth-order valence-electron chi connectivity index (χ4n) is 4.42. The summed E-state index contributed by atoms with van der Waals surface area (Å²) in [7, 11) is 0. The van der Waals surface area contributed by atoms with Crippen LogP contribution in [0.1, 0.15) is 43.4 Å². The molecule has 5 rings (SSSR count). The van der Waals surface area contributed by atoms with E-state index in [1.165, 1.54) is 32.3 Å². The lowest BCUT2D eigenvalue weighted by atomic mass is 10.1. The zero-order chi connectivity index (χ0) is 24.5. The molecular formula is C26H33F3N4O. The van der Waals surface area contributed by atoms with Gasteiger partial charge in [0.05, 0.1) is 31.0 Å². The van der Waals surface area contributed by atoms with Crippen LogP contribution >= 0.6 is 0 Å². The van der Waals surface area contributed by atoms with Crippen molar-refractivity contribution >= 4 is 5.95 Å². The second-order valence-electron chi connectivity index (χ2n) is 8.93. The Balaban J connectivity index is 0.000000413. The summed E-state index contributed by atoms with van der Waals surface area (Å²) in [5.41, 5.74) is 3.11. The van der Waals surface area contributed by atoms with E-state index in [0.29, 0.717) is 18.1 Å². The number of ether oxygens (including phenoxy) is 1. The number of hydrogen-bond donors (Lipinski definition) is 0. The number of piperazine rings is 1. The van der Waals surface area contributed by atoms with E-state index < -0.39 is 13.1 Å². The standard InChI is InChI=1S/C22H24N4O.C3H7F.CH2F2/c1-16-2-4-17(5-3-16)6-7-18-10-23-22(24-11-18)25-12-19-8-9-20(13-25)26(19)21-14-27-15-21;1-3(2)4;2-1-3/h2-5,10-11,19-21H,8-9,12-15H2,1H3;3H,1-2H3;1H2. The quantitative estimate of drug-likeness (QED) is 0.601. The molecule has 0 radical (unpaired) electrons. The first-order valence-corrected chi connectivity index (χ1v) is 11.7. The minimum absolute atomic E-state index is 0.613. The van der Waals surface area contributed by atoms with Crippen molar-refractivity contribution in [2.45, 2.75) is 57.9 Å². The molecule has 184 valence electrons. The molecule has 5 nitrogen and oxygen atoms in total. The molecule has 4 heterocycles. The second kappa shape index (κ2) is 12.7. The summed E-state index contributed by atoms with van der Waals surface area (Å²) in [6, 6.07) is 10.1. The highest BCUT2D eigenvalue weighted by Crippen LogP contribution is 2.34. The van der Waals surface area contributed by atoms with E-state index in [9.17, 15) is 13.2 Å². The molecule has 1 aromatic heterocycles. The highest BCUT2D eigenvalue weighted by Gasteiger charge is 2.45. The fourth-order valence-corrected chi connectivity index (χ4v) is 4.42. The maximum absolute atomic E-state index is 11.0. The lowest BCUT2D eigenvalue weighted by Gasteiger charge is -2.47. The van der Waals surface area contributed by atoms with Gasteiger partial charge in [0.25, 0.3) is 0 Å². The van der Waals surface area contributed by atoms with Crippen LogP contribution in [-0.4, -0.2) is 72.4 Å². The third-order valence-corrected chi connectivity index (χ3v) is 5.90. The molecule has 2 bridgehead atoms.